The zero-order valence-corrected chi connectivity index (χ0v) is 11.9. The van der Waals surface area contributed by atoms with Gasteiger partial charge >= 0.3 is 0 Å². The first-order chi connectivity index (χ1) is 8.34. The van der Waals surface area contributed by atoms with Gasteiger partial charge < -0.3 is 11.1 Å². The van der Waals surface area contributed by atoms with Crippen LogP contribution in [0.2, 0.25) is 0 Å². The minimum absolute atomic E-state index is 0.406. The van der Waals surface area contributed by atoms with Crippen molar-refractivity contribution in [2.45, 2.75) is 52.6 Å². The lowest BCUT2D eigenvalue weighted by Gasteiger charge is -2.16. The van der Waals surface area contributed by atoms with Crippen LogP contribution in [0.25, 0.3) is 0 Å². The van der Waals surface area contributed by atoms with Crippen LogP contribution >= 0.6 is 0 Å². The molecule has 0 saturated heterocycles. The summed E-state index contributed by atoms with van der Waals surface area (Å²) in [4.78, 5) is 0. The molecule has 2 nitrogen and oxygen atoms in total. The molecule has 3 rings (SSSR count). The molecule has 98 valence electrons. The number of nitrogens with one attached hydrogen (secondary N) is 1. The van der Waals surface area contributed by atoms with E-state index in [4.69, 9.17) is 5.73 Å². The summed E-state index contributed by atoms with van der Waals surface area (Å²) in [6.07, 6.45) is 2.37. The van der Waals surface area contributed by atoms with Crippen LogP contribution in [0, 0.1) is 10.8 Å². The van der Waals surface area contributed by atoms with E-state index in [1.54, 1.807) is 0 Å². The summed E-state index contributed by atoms with van der Waals surface area (Å²) in [6, 6.07) is 7.52. The minimum Gasteiger partial charge on any atom is -0.399 e. The molecule has 1 fully saturated rings. The van der Waals surface area contributed by atoms with E-state index < -0.39 is 0 Å². The number of fused-ring (bicyclic) bond motifs is 1. The Morgan fingerprint density at radius 1 is 1.17 bits per heavy atom. The summed E-state index contributed by atoms with van der Waals surface area (Å²) >= 11 is 0. The second kappa shape index (κ2) is 3.51. The van der Waals surface area contributed by atoms with Gasteiger partial charge in [-0.15, -0.1) is 0 Å². The molecular formula is C16H24N2. The van der Waals surface area contributed by atoms with Crippen LogP contribution in [0.4, 0.5) is 5.69 Å². The van der Waals surface area contributed by atoms with Crippen molar-refractivity contribution in [3.05, 3.63) is 29.3 Å². The Bertz CT molecular complexity index is 474. The third kappa shape index (κ3) is 1.51. The van der Waals surface area contributed by atoms with E-state index >= 15 is 0 Å². The molecule has 18 heavy (non-hydrogen) atoms. The quantitative estimate of drug-likeness (QED) is 0.784. The Morgan fingerprint density at radius 2 is 1.83 bits per heavy atom. The zero-order chi connectivity index (χ0) is 13.1. The van der Waals surface area contributed by atoms with Gasteiger partial charge in [0.2, 0.25) is 0 Å². The Balaban J connectivity index is 1.79. The smallest absolute Gasteiger partial charge is 0.0329 e. The molecule has 0 aliphatic heterocycles. The van der Waals surface area contributed by atoms with Crippen LogP contribution < -0.4 is 11.1 Å². The number of benzene rings is 1. The number of nitrogen functional groups attached to an aromatic ring is 1. The van der Waals surface area contributed by atoms with Gasteiger partial charge in [-0.05, 0) is 46.9 Å². The SMILES string of the molecule is CC1(C)C(NC2CCc3cc(N)ccc32)C1(C)C. The second-order valence-corrected chi connectivity index (χ2v) is 7.09. The molecule has 0 heterocycles. The molecule has 0 radical (unpaired) electrons. The first kappa shape index (κ1) is 12.0. The van der Waals surface area contributed by atoms with Gasteiger partial charge in [0.1, 0.15) is 0 Å². The normalized spacial score (nSPS) is 28.1. The number of hydrogen-bond acceptors (Lipinski definition) is 2. The highest BCUT2D eigenvalue weighted by Gasteiger charge is 2.65. The molecule has 2 aliphatic rings. The Hall–Kier alpha value is -1.02. The Labute approximate surface area is 110 Å². The molecule has 0 bridgehead atoms. The summed E-state index contributed by atoms with van der Waals surface area (Å²) in [5.41, 5.74) is 10.5. The van der Waals surface area contributed by atoms with E-state index in [-0.39, 0.29) is 0 Å². The predicted octanol–water partition coefficient (Wildman–Crippen LogP) is 3.28. The van der Waals surface area contributed by atoms with Gasteiger partial charge in [-0.25, -0.2) is 0 Å². The van der Waals surface area contributed by atoms with Crippen LogP contribution in [-0.4, -0.2) is 6.04 Å². The summed E-state index contributed by atoms with van der Waals surface area (Å²) in [5, 5.41) is 3.87. The molecule has 1 aromatic rings. The maximum absolute atomic E-state index is 5.86. The molecule has 0 amide bonds. The first-order valence-electron chi connectivity index (χ1n) is 6.98. The fraction of sp³-hybridized carbons (Fsp3) is 0.625. The molecule has 0 aromatic heterocycles. The van der Waals surface area contributed by atoms with E-state index in [0.717, 1.165) is 12.1 Å². The average Bonchev–Trinajstić information content (AvgIpc) is 2.64. The summed E-state index contributed by atoms with van der Waals surface area (Å²) < 4.78 is 0. The maximum atomic E-state index is 5.86. The van der Waals surface area contributed by atoms with E-state index in [2.05, 4.69) is 45.1 Å². The zero-order valence-electron chi connectivity index (χ0n) is 11.9. The lowest BCUT2D eigenvalue weighted by atomic mass is 10.0. The number of rotatable bonds is 2. The van der Waals surface area contributed by atoms with Gasteiger partial charge in [-0.1, -0.05) is 33.8 Å². The summed E-state index contributed by atoms with van der Waals surface area (Å²) in [5.74, 6) is 0. The molecule has 2 heteroatoms. The van der Waals surface area contributed by atoms with Gasteiger partial charge in [0, 0.05) is 17.8 Å². The Morgan fingerprint density at radius 3 is 2.44 bits per heavy atom. The Kier molecular flexibility index (Phi) is 2.34. The maximum Gasteiger partial charge on any atom is 0.0329 e. The van der Waals surface area contributed by atoms with E-state index in [1.807, 2.05) is 6.07 Å². The van der Waals surface area contributed by atoms with E-state index in [9.17, 15) is 0 Å². The molecule has 1 aromatic carbocycles. The fourth-order valence-corrected chi connectivity index (χ4v) is 3.62. The largest absolute Gasteiger partial charge is 0.399 e. The lowest BCUT2D eigenvalue weighted by molar-refractivity contribution is 0.457. The van der Waals surface area contributed by atoms with Crippen molar-refractivity contribution in [2.75, 3.05) is 5.73 Å². The standard InChI is InChI=1S/C16H24N2/c1-15(2)14(16(15,3)4)18-13-8-5-10-9-11(17)6-7-12(10)13/h6-7,9,13-14,18H,5,8,17H2,1-4H3. The minimum atomic E-state index is 0.406. The van der Waals surface area contributed by atoms with Crippen molar-refractivity contribution in [3.8, 4) is 0 Å². The van der Waals surface area contributed by atoms with Crippen molar-refractivity contribution < 1.29 is 0 Å². The highest BCUT2D eigenvalue weighted by atomic mass is 15.1. The monoisotopic (exact) mass is 244 g/mol. The lowest BCUT2D eigenvalue weighted by Crippen LogP contribution is -2.26. The highest BCUT2D eigenvalue weighted by molar-refractivity contribution is 5.48. The molecule has 1 atom stereocenters. The van der Waals surface area contributed by atoms with Gasteiger partial charge in [-0.2, -0.15) is 0 Å². The van der Waals surface area contributed by atoms with Crippen molar-refractivity contribution >= 4 is 5.69 Å². The van der Waals surface area contributed by atoms with Crippen LogP contribution in [0.3, 0.4) is 0 Å². The first-order valence-corrected chi connectivity index (χ1v) is 6.98. The molecule has 0 spiro atoms. The van der Waals surface area contributed by atoms with Gasteiger partial charge in [-0.3, -0.25) is 0 Å². The van der Waals surface area contributed by atoms with Crippen LogP contribution in [0.15, 0.2) is 18.2 Å². The third-order valence-corrected chi connectivity index (χ3v) is 5.63. The summed E-state index contributed by atoms with van der Waals surface area (Å²) in [7, 11) is 0. The number of anilines is 1. The predicted molar refractivity (Wildman–Crippen MR) is 76.4 cm³/mol. The molecule has 2 aliphatic carbocycles. The van der Waals surface area contributed by atoms with Crippen molar-refractivity contribution in [2.24, 2.45) is 10.8 Å². The van der Waals surface area contributed by atoms with Crippen molar-refractivity contribution in [1.82, 2.24) is 5.32 Å². The van der Waals surface area contributed by atoms with Crippen molar-refractivity contribution in [1.29, 1.82) is 0 Å². The average molecular weight is 244 g/mol. The number of aryl methyl sites for hydroxylation is 1. The number of hydrogen-bond donors (Lipinski definition) is 2. The van der Waals surface area contributed by atoms with Crippen LogP contribution in [0.5, 0.6) is 0 Å². The topological polar surface area (TPSA) is 38.0 Å². The van der Waals surface area contributed by atoms with Gasteiger partial charge in [0.05, 0.1) is 0 Å². The van der Waals surface area contributed by atoms with E-state index in [1.165, 1.54) is 17.5 Å². The molecular weight excluding hydrogens is 220 g/mol. The molecule has 1 saturated carbocycles. The second-order valence-electron chi connectivity index (χ2n) is 7.09. The van der Waals surface area contributed by atoms with Gasteiger partial charge in [0.15, 0.2) is 0 Å². The molecule has 1 unspecified atom stereocenters. The van der Waals surface area contributed by atoms with Crippen molar-refractivity contribution in [3.63, 3.8) is 0 Å². The van der Waals surface area contributed by atoms with Crippen LogP contribution in [0.1, 0.15) is 51.3 Å². The van der Waals surface area contributed by atoms with Crippen LogP contribution in [-0.2, 0) is 6.42 Å². The number of nitrogens with two attached hydrogens (primary N) is 1. The van der Waals surface area contributed by atoms with E-state index in [0.29, 0.717) is 22.9 Å². The molecule has 3 N–H and O–H groups in total. The van der Waals surface area contributed by atoms with Gasteiger partial charge in [0.25, 0.3) is 0 Å². The summed E-state index contributed by atoms with van der Waals surface area (Å²) in [6.45, 7) is 9.46. The fourth-order valence-electron chi connectivity index (χ4n) is 3.62. The third-order valence-electron chi connectivity index (χ3n) is 5.63. The highest BCUT2D eigenvalue weighted by Crippen LogP contribution is 2.63.